The fourth-order valence-electron chi connectivity index (χ4n) is 3.93. The van der Waals surface area contributed by atoms with Crippen molar-refractivity contribution in [1.82, 2.24) is 14.9 Å². The number of hydrogen-bond acceptors (Lipinski definition) is 3. The van der Waals surface area contributed by atoms with Crippen molar-refractivity contribution < 1.29 is 9.53 Å². The molecule has 0 fully saturated rings. The standard InChI is InChI=1S/C28H39N3O2/c1-20(2)22-15-14-21(3)19-25(22)33-18-10-17-31-24-12-8-7-11-23(24)30-26(31)13-9-16-29-27(32)28(4,5)6/h7-8,11-12,14-15,19-20H,9-10,13,16-18H2,1-6H3,(H,29,32). The number of aromatic nitrogens is 2. The lowest BCUT2D eigenvalue weighted by Gasteiger charge is -2.17. The molecule has 1 N–H and O–H groups in total. The van der Waals surface area contributed by atoms with E-state index in [1.54, 1.807) is 0 Å². The molecule has 5 heteroatoms. The number of nitrogens with one attached hydrogen (secondary N) is 1. The fourth-order valence-corrected chi connectivity index (χ4v) is 3.93. The van der Waals surface area contributed by atoms with Gasteiger partial charge in [-0.05, 0) is 55.0 Å². The highest BCUT2D eigenvalue weighted by Gasteiger charge is 2.20. The van der Waals surface area contributed by atoms with Crippen molar-refractivity contribution in [3.8, 4) is 5.75 Å². The van der Waals surface area contributed by atoms with E-state index in [4.69, 9.17) is 9.72 Å². The summed E-state index contributed by atoms with van der Waals surface area (Å²) in [6.45, 7) is 14.5. The number of ether oxygens (including phenoxy) is 1. The first-order valence-corrected chi connectivity index (χ1v) is 12.1. The average Bonchev–Trinajstić information content (AvgIpc) is 3.10. The lowest BCUT2D eigenvalue weighted by molar-refractivity contribution is -0.128. The molecule has 178 valence electrons. The molecule has 0 bridgehead atoms. The Bertz CT molecular complexity index is 1080. The molecule has 2 aromatic carbocycles. The van der Waals surface area contributed by atoms with E-state index >= 15 is 0 Å². The molecular weight excluding hydrogens is 410 g/mol. The van der Waals surface area contributed by atoms with Crippen LogP contribution < -0.4 is 10.1 Å². The molecular formula is C28H39N3O2. The van der Waals surface area contributed by atoms with Gasteiger partial charge in [0.05, 0.1) is 17.6 Å². The van der Waals surface area contributed by atoms with Gasteiger partial charge in [0, 0.05) is 24.9 Å². The van der Waals surface area contributed by atoms with Crippen LogP contribution in [0.15, 0.2) is 42.5 Å². The SMILES string of the molecule is Cc1ccc(C(C)C)c(OCCCn2c(CCCNC(=O)C(C)(C)C)nc3ccccc32)c1. The Balaban J connectivity index is 1.62. The smallest absolute Gasteiger partial charge is 0.225 e. The normalized spacial score (nSPS) is 11.8. The zero-order valence-corrected chi connectivity index (χ0v) is 21.1. The minimum atomic E-state index is -0.361. The number of carbonyl (C=O) groups excluding carboxylic acids is 1. The third-order valence-corrected chi connectivity index (χ3v) is 5.85. The van der Waals surface area contributed by atoms with Crippen molar-refractivity contribution >= 4 is 16.9 Å². The summed E-state index contributed by atoms with van der Waals surface area (Å²) in [7, 11) is 0. The summed E-state index contributed by atoms with van der Waals surface area (Å²) in [6.07, 6.45) is 2.59. The summed E-state index contributed by atoms with van der Waals surface area (Å²) < 4.78 is 8.51. The van der Waals surface area contributed by atoms with Gasteiger partial charge in [0.1, 0.15) is 11.6 Å². The summed E-state index contributed by atoms with van der Waals surface area (Å²) in [5.41, 5.74) is 4.29. The third-order valence-electron chi connectivity index (χ3n) is 5.85. The Morgan fingerprint density at radius 1 is 1.12 bits per heavy atom. The Kier molecular flexibility index (Phi) is 8.17. The highest BCUT2D eigenvalue weighted by molar-refractivity contribution is 5.81. The number of fused-ring (bicyclic) bond motifs is 1. The van der Waals surface area contributed by atoms with Gasteiger partial charge in [-0.2, -0.15) is 0 Å². The second kappa shape index (κ2) is 10.9. The topological polar surface area (TPSA) is 56.1 Å². The van der Waals surface area contributed by atoms with Gasteiger partial charge in [0.15, 0.2) is 0 Å². The van der Waals surface area contributed by atoms with Crippen molar-refractivity contribution in [3.63, 3.8) is 0 Å². The third kappa shape index (κ3) is 6.59. The van der Waals surface area contributed by atoms with Gasteiger partial charge < -0.3 is 14.6 Å². The molecule has 3 aromatic rings. The van der Waals surface area contributed by atoms with E-state index in [-0.39, 0.29) is 11.3 Å². The van der Waals surface area contributed by atoms with Crippen LogP contribution in [0.5, 0.6) is 5.75 Å². The van der Waals surface area contributed by atoms with Gasteiger partial charge in [-0.25, -0.2) is 4.98 Å². The zero-order chi connectivity index (χ0) is 24.0. The molecule has 3 rings (SSSR count). The van der Waals surface area contributed by atoms with Crippen molar-refractivity contribution in [2.24, 2.45) is 5.41 Å². The highest BCUT2D eigenvalue weighted by Crippen LogP contribution is 2.27. The largest absolute Gasteiger partial charge is 0.493 e. The first-order valence-electron chi connectivity index (χ1n) is 12.1. The molecule has 0 spiro atoms. The predicted octanol–water partition coefficient (Wildman–Crippen LogP) is 6.03. The quantitative estimate of drug-likeness (QED) is 0.384. The van der Waals surface area contributed by atoms with Gasteiger partial charge in [0.2, 0.25) is 5.91 Å². The summed E-state index contributed by atoms with van der Waals surface area (Å²) in [5, 5.41) is 3.04. The van der Waals surface area contributed by atoms with Gasteiger partial charge in [-0.3, -0.25) is 4.79 Å². The highest BCUT2D eigenvalue weighted by atomic mass is 16.5. The van der Waals surface area contributed by atoms with E-state index in [2.05, 4.69) is 67.1 Å². The number of amides is 1. The number of benzene rings is 2. The minimum absolute atomic E-state index is 0.0880. The maximum Gasteiger partial charge on any atom is 0.225 e. The Hall–Kier alpha value is -2.82. The Morgan fingerprint density at radius 2 is 1.88 bits per heavy atom. The maximum absolute atomic E-state index is 12.1. The zero-order valence-electron chi connectivity index (χ0n) is 21.1. The molecule has 0 atom stereocenters. The molecule has 0 aliphatic heterocycles. The Labute approximate surface area is 198 Å². The van der Waals surface area contributed by atoms with E-state index < -0.39 is 0 Å². The van der Waals surface area contributed by atoms with E-state index in [0.717, 1.165) is 48.4 Å². The van der Waals surface area contributed by atoms with Crippen LogP contribution >= 0.6 is 0 Å². The number of aryl methyl sites for hydroxylation is 3. The second-order valence-electron chi connectivity index (χ2n) is 10.2. The number of para-hydroxylation sites is 2. The fraction of sp³-hybridized carbons (Fsp3) is 0.500. The van der Waals surface area contributed by atoms with E-state index in [9.17, 15) is 4.79 Å². The number of carbonyl (C=O) groups is 1. The number of hydrogen-bond donors (Lipinski definition) is 1. The van der Waals surface area contributed by atoms with Crippen molar-refractivity contribution in [1.29, 1.82) is 0 Å². The first kappa shape index (κ1) is 24.8. The van der Waals surface area contributed by atoms with Gasteiger partial charge in [-0.15, -0.1) is 0 Å². The molecule has 1 aromatic heterocycles. The number of nitrogens with zero attached hydrogens (tertiary/aromatic N) is 2. The van der Waals surface area contributed by atoms with Crippen molar-refractivity contribution in [2.75, 3.05) is 13.2 Å². The molecule has 33 heavy (non-hydrogen) atoms. The number of rotatable bonds is 10. The van der Waals surface area contributed by atoms with Crippen molar-refractivity contribution in [3.05, 3.63) is 59.4 Å². The van der Waals surface area contributed by atoms with Crippen LogP contribution in [0.25, 0.3) is 11.0 Å². The summed E-state index contributed by atoms with van der Waals surface area (Å²) in [6, 6.07) is 14.7. The van der Waals surface area contributed by atoms with E-state index in [0.29, 0.717) is 19.1 Å². The lowest BCUT2D eigenvalue weighted by Crippen LogP contribution is -2.35. The molecule has 1 amide bonds. The average molecular weight is 450 g/mol. The van der Waals surface area contributed by atoms with Crippen molar-refractivity contribution in [2.45, 2.75) is 73.3 Å². The molecule has 0 saturated carbocycles. The van der Waals surface area contributed by atoms with Crippen LogP contribution in [-0.4, -0.2) is 28.6 Å². The molecule has 0 aliphatic rings. The summed E-state index contributed by atoms with van der Waals surface area (Å²) >= 11 is 0. The van der Waals surface area contributed by atoms with Gasteiger partial charge in [0.25, 0.3) is 0 Å². The summed E-state index contributed by atoms with van der Waals surface area (Å²) in [4.78, 5) is 17.0. The molecule has 5 nitrogen and oxygen atoms in total. The van der Waals surface area contributed by atoms with Crippen LogP contribution in [0.4, 0.5) is 0 Å². The monoisotopic (exact) mass is 449 g/mol. The minimum Gasteiger partial charge on any atom is -0.493 e. The molecule has 0 aliphatic carbocycles. The predicted molar refractivity (Wildman–Crippen MR) is 136 cm³/mol. The van der Waals surface area contributed by atoms with Gasteiger partial charge in [-0.1, -0.05) is 58.9 Å². The molecule has 0 saturated heterocycles. The van der Waals surface area contributed by atoms with E-state index in [1.807, 2.05) is 26.8 Å². The van der Waals surface area contributed by atoms with Crippen LogP contribution in [0.3, 0.4) is 0 Å². The Morgan fingerprint density at radius 3 is 2.61 bits per heavy atom. The van der Waals surface area contributed by atoms with Gasteiger partial charge >= 0.3 is 0 Å². The lowest BCUT2D eigenvalue weighted by atomic mass is 9.96. The number of imidazole rings is 1. The molecule has 0 radical (unpaired) electrons. The molecule has 0 unspecified atom stereocenters. The first-order chi connectivity index (χ1) is 15.7. The summed E-state index contributed by atoms with van der Waals surface area (Å²) in [5.74, 6) is 2.59. The van der Waals surface area contributed by atoms with Crippen LogP contribution in [-0.2, 0) is 17.8 Å². The maximum atomic E-state index is 12.1. The van der Waals surface area contributed by atoms with E-state index in [1.165, 1.54) is 11.1 Å². The second-order valence-corrected chi connectivity index (χ2v) is 10.2. The van der Waals surface area contributed by atoms with Crippen LogP contribution in [0.1, 0.15) is 70.3 Å². The molecule has 1 heterocycles. The van der Waals surface area contributed by atoms with Crippen LogP contribution in [0, 0.1) is 12.3 Å². The van der Waals surface area contributed by atoms with Crippen LogP contribution in [0.2, 0.25) is 0 Å².